The molecule has 1 aromatic rings. The number of nitrogens with zero attached hydrogens (tertiary/aromatic N) is 3. The second-order valence-corrected chi connectivity index (χ2v) is 5.11. The lowest BCUT2D eigenvalue weighted by Crippen LogP contribution is -2.23. The highest BCUT2D eigenvalue weighted by Gasteiger charge is 2.29. The van der Waals surface area contributed by atoms with Gasteiger partial charge in [0, 0.05) is 19.3 Å². The van der Waals surface area contributed by atoms with Gasteiger partial charge in [0.1, 0.15) is 5.82 Å². The zero-order chi connectivity index (χ0) is 10.9. The average molecular weight is 226 g/mol. The lowest BCUT2D eigenvalue weighted by atomic mass is 9.93. The van der Waals surface area contributed by atoms with E-state index >= 15 is 0 Å². The van der Waals surface area contributed by atoms with Crippen LogP contribution in [-0.4, -0.2) is 23.1 Å². The van der Waals surface area contributed by atoms with Crippen LogP contribution in [0.3, 0.4) is 0 Å². The molecule has 0 radical (unpaired) electrons. The van der Waals surface area contributed by atoms with E-state index in [0.717, 1.165) is 24.6 Å². The second kappa shape index (κ2) is 3.97. The molecule has 0 aliphatic carbocycles. The van der Waals surface area contributed by atoms with Crippen LogP contribution in [0.15, 0.2) is 12.4 Å². The summed E-state index contributed by atoms with van der Waals surface area (Å²) < 4.78 is 0. The van der Waals surface area contributed by atoms with Gasteiger partial charge in [-0.2, -0.15) is 0 Å². The number of hydrogen-bond donors (Lipinski definition) is 0. The van der Waals surface area contributed by atoms with Crippen molar-refractivity contribution in [3.63, 3.8) is 0 Å². The van der Waals surface area contributed by atoms with Crippen LogP contribution in [0.4, 0.5) is 5.82 Å². The predicted molar refractivity (Wildman–Crippen MR) is 62.2 cm³/mol. The Hall–Kier alpha value is -0.830. The van der Waals surface area contributed by atoms with E-state index in [1.807, 2.05) is 6.20 Å². The van der Waals surface area contributed by atoms with E-state index in [1.165, 1.54) is 6.42 Å². The van der Waals surface area contributed by atoms with Gasteiger partial charge in [-0.3, -0.25) is 4.98 Å². The Balaban J connectivity index is 2.16. The van der Waals surface area contributed by atoms with Gasteiger partial charge < -0.3 is 4.90 Å². The summed E-state index contributed by atoms with van der Waals surface area (Å²) in [6, 6.07) is 0. The van der Waals surface area contributed by atoms with E-state index in [4.69, 9.17) is 11.6 Å². The molecule has 1 aromatic heterocycles. The molecule has 1 aliphatic heterocycles. The summed E-state index contributed by atoms with van der Waals surface area (Å²) in [6.07, 6.45) is 4.74. The van der Waals surface area contributed by atoms with E-state index in [0.29, 0.717) is 11.3 Å². The fourth-order valence-corrected chi connectivity index (χ4v) is 2.05. The highest BCUT2D eigenvalue weighted by molar-refractivity contribution is 6.16. The minimum Gasteiger partial charge on any atom is -0.355 e. The maximum Gasteiger partial charge on any atom is 0.147 e. The number of alkyl halides is 1. The van der Waals surface area contributed by atoms with Gasteiger partial charge in [0.15, 0.2) is 0 Å². The van der Waals surface area contributed by atoms with Crippen LogP contribution >= 0.6 is 11.6 Å². The number of rotatable bonds is 2. The summed E-state index contributed by atoms with van der Waals surface area (Å²) in [5.74, 6) is 1.39. The first-order valence-electron chi connectivity index (χ1n) is 5.22. The monoisotopic (exact) mass is 225 g/mol. The van der Waals surface area contributed by atoms with Gasteiger partial charge in [-0.15, -0.1) is 11.6 Å². The third-order valence-electron chi connectivity index (χ3n) is 2.81. The minimum atomic E-state index is 0.388. The Labute approximate surface area is 95.5 Å². The molecule has 1 aliphatic rings. The van der Waals surface area contributed by atoms with Crippen LogP contribution in [0.25, 0.3) is 0 Å². The Morgan fingerprint density at radius 2 is 2.27 bits per heavy atom. The molecule has 82 valence electrons. The van der Waals surface area contributed by atoms with Gasteiger partial charge in [-0.05, 0) is 11.8 Å². The zero-order valence-electron chi connectivity index (χ0n) is 9.20. The zero-order valence-corrected chi connectivity index (χ0v) is 9.96. The van der Waals surface area contributed by atoms with E-state index in [1.54, 1.807) is 6.20 Å². The Morgan fingerprint density at radius 1 is 1.47 bits per heavy atom. The largest absolute Gasteiger partial charge is 0.355 e. The van der Waals surface area contributed by atoms with Gasteiger partial charge in [0.2, 0.25) is 0 Å². The maximum atomic E-state index is 5.74. The highest BCUT2D eigenvalue weighted by atomic mass is 35.5. The van der Waals surface area contributed by atoms with Crippen molar-refractivity contribution in [3.05, 3.63) is 18.1 Å². The highest BCUT2D eigenvalue weighted by Crippen LogP contribution is 2.31. The molecule has 0 atom stereocenters. The van der Waals surface area contributed by atoms with Crippen molar-refractivity contribution in [1.29, 1.82) is 0 Å². The Bertz CT molecular complexity index is 351. The molecule has 15 heavy (non-hydrogen) atoms. The molecule has 1 saturated heterocycles. The molecule has 0 saturated carbocycles. The molecule has 0 unspecified atom stereocenters. The first kappa shape index (κ1) is 10.7. The van der Waals surface area contributed by atoms with Crippen molar-refractivity contribution in [2.75, 3.05) is 18.0 Å². The molecular formula is C11H16ClN3. The predicted octanol–water partition coefficient (Wildman–Crippen LogP) is 2.45. The number of hydrogen-bond acceptors (Lipinski definition) is 3. The van der Waals surface area contributed by atoms with Crippen LogP contribution in [0, 0.1) is 5.41 Å². The summed E-state index contributed by atoms with van der Waals surface area (Å²) in [5, 5.41) is 0. The number of anilines is 1. The molecule has 0 aromatic carbocycles. The van der Waals surface area contributed by atoms with Crippen molar-refractivity contribution in [1.82, 2.24) is 9.97 Å². The maximum absolute atomic E-state index is 5.74. The van der Waals surface area contributed by atoms with Crippen molar-refractivity contribution in [2.45, 2.75) is 26.1 Å². The van der Waals surface area contributed by atoms with Gasteiger partial charge in [-0.25, -0.2) is 4.98 Å². The Morgan fingerprint density at radius 3 is 2.87 bits per heavy atom. The molecule has 0 spiro atoms. The summed E-state index contributed by atoms with van der Waals surface area (Å²) in [7, 11) is 0. The van der Waals surface area contributed by atoms with E-state index in [2.05, 4.69) is 28.7 Å². The van der Waals surface area contributed by atoms with Gasteiger partial charge >= 0.3 is 0 Å². The molecule has 1 fully saturated rings. The fraction of sp³-hybridized carbons (Fsp3) is 0.636. The smallest absolute Gasteiger partial charge is 0.147 e. The number of aromatic nitrogens is 2. The van der Waals surface area contributed by atoms with Crippen molar-refractivity contribution in [3.8, 4) is 0 Å². The second-order valence-electron chi connectivity index (χ2n) is 4.84. The van der Waals surface area contributed by atoms with Crippen molar-refractivity contribution < 1.29 is 0 Å². The SMILES string of the molecule is CC1(C)CCN(c2cncc(CCl)n2)C1. The molecule has 0 N–H and O–H groups in total. The van der Waals surface area contributed by atoms with E-state index in [-0.39, 0.29) is 0 Å². The van der Waals surface area contributed by atoms with E-state index < -0.39 is 0 Å². The quantitative estimate of drug-likeness (QED) is 0.724. The van der Waals surface area contributed by atoms with Crippen LogP contribution < -0.4 is 4.90 Å². The minimum absolute atomic E-state index is 0.388. The molecule has 0 bridgehead atoms. The summed E-state index contributed by atoms with van der Waals surface area (Å²) in [6.45, 7) is 6.68. The fourth-order valence-electron chi connectivity index (χ4n) is 1.92. The van der Waals surface area contributed by atoms with Crippen LogP contribution in [0.1, 0.15) is 26.0 Å². The van der Waals surface area contributed by atoms with Gasteiger partial charge in [-0.1, -0.05) is 13.8 Å². The summed E-state index contributed by atoms with van der Waals surface area (Å²) in [4.78, 5) is 10.9. The molecule has 4 heteroatoms. The molecule has 2 rings (SSSR count). The van der Waals surface area contributed by atoms with Crippen molar-refractivity contribution >= 4 is 17.4 Å². The first-order chi connectivity index (χ1) is 7.11. The summed E-state index contributed by atoms with van der Waals surface area (Å²) >= 11 is 5.74. The lowest BCUT2D eigenvalue weighted by Gasteiger charge is -2.20. The molecule has 0 amide bonds. The third kappa shape index (κ3) is 2.40. The van der Waals surface area contributed by atoms with Crippen molar-refractivity contribution in [2.24, 2.45) is 5.41 Å². The van der Waals surface area contributed by atoms with Crippen LogP contribution in [0.5, 0.6) is 0 Å². The first-order valence-corrected chi connectivity index (χ1v) is 5.76. The lowest BCUT2D eigenvalue weighted by molar-refractivity contribution is 0.418. The standard InChI is InChI=1S/C11H16ClN3/c1-11(2)3-4-15(8-11)10-7-13-6-9(5-12)14-10/h6-7H,3-5,8H2,1-2H3. The van der Waals surface area contributed by atoms with Crippen LogP contribution in [0.2, 0.25) is 0 Å². The van der Waals surface area contributed by atoms with E-state index in [9.17, 15) is 0 Å². The molecule has 3 nitrogen and oxygen atoms in total. The average Bonchev–Trinajstić information content (AvgIpc) is 2.59. The molecule has 2 heterocycles. The normalized spacial score (nSPS) is 19.5. The molecular weight excluding hydrogens is 210 g/mol. The Kier molecular flexibility index (Phi) is 2.83. The van der Waals surface area contributed by atoms with Gasteiger partial charge in [0.25, 0.3) is 0 Å². The van der Waals surface area contributed by atoms with Crippen LogP contribution in [-0.2, 0) is 5.88 Å². The van der Waals surface area contributed by atoms with Gasteiger partial charge in [0.05, 0.1) is 17.8 Å². The summed E-state index contributed by atoms with van der Waals surface area (Å²) in [5.41, 5.74) is 1.23. The third-order valence-corrected chi connectivity index (χ3v) is 3.08. The topological polar surface area (TPSA) is 29.0 Å². The number of halogens is 1.